The Morgan fingerprint density at radius 2 is 1.06 bits per heavy atom. The van der Waals surface area contributed by atoms with E-state index in [1.54, 1.807) is 12.1 Å². The highest BCUT2D eigenvalue weighted by Gasteiger charge is 2.29. The fourth-order valence-electron chi connectivity index (χ4n) is 3.18. The SMILES string of the molecule is O=P(OCc1ccccc1)(OCc1ccccc1)c1cc(Br)cc(OCc2ccccc2)c1. The smallest absolute Gasteiger partial charge is 0.362 e. The van der Waals surface area contributed by atoms with Gasteiger partial charge in [0.05, 0.1) is 18.5 Å². The third kappa shape index (κ3) is 6.89. The van der Waals surface area contributed by atoms with Crippen molar-refractivity contribution in [2.75, 3.05) is 0 Å². The molecule has 0 spiro atoms. The van der Waals surface area contributed by atoms with Crippen LogP contribution in [0.4, 0.5) is 0 Å². The van der Waals surface area contributed by atoms with E-state index in [1.807, 2.05) is 97.1 Å². The summed E-state index contributed by atoms with van der Waals surface area (Å²) in [5, 5.41) is 0.437. The second kappa shape index (κ2) is 11.4. The highest BCUT2D eigenvalue weighted by molar-refractivity contribution is 9.10. The summed E-state index contributed by atoms with van der Waals surface area (Å²) in [6.07, 6.45) is 0. The molecular weight excluding hydrogens is 499 g/mol. The standard InChI is InChI=1S/C27H24BrO4P/c28-25-16-26(30-19-22-10-4-1-5-11-22)18-27(17-25)33(29,31-20-23-12-6-2-7-13-23)32-21-24-14-8-3-9-15-24/h1-18H,19-21H2. The molecule has 168 valence electrons. The van der Waals surface area contributed by atoms with E-state index in [4.69, 9.17) is 13.8 Å². The van der Waals surface area contributed by atoms with E-state index in [2.05, 4.69) is 15.9 Å². The van der Waals surface area contributed by atoms with Gasteiger partial charge in [0.25, 0.3) is 0 Å². The van der Waals surface area contributed by atoms with Crippen molar-refractivity contribution in [1.82, 2.24) is 0 Å². The van der Waals surface area contributed by atoms with Crippen LogP contribution in [0.15, 0.2) is 114 Å². The van der Waals surface area contributed by atoms with Crippen molar-refractivity contribution in [2.45, 2.75) is 19.8 Å². The van der Waals surface area contributed by atoms with Crippen molar-refractivity contribution in [2.24, 2.45) is 0 Å². The molecule has 33 heavy (non-hydrogen) atoms. The van der Waals surface area contributed by atoms with Crippen LogP contribution in [-0.4, -0.2) is 0 Å². The molecule has 0 aliphatic heterocycles. The summed E-state index contributed by atoms with van der Waals surface area (Å²) < 4.78 is 32.6. The van der Waals surface area contributed by atoms with Crippen molar-refractivity contribution in [3.8, 4) is 5.75 Å². The largest absolute Gasteiger partial charge is 0.489 e. The molecule has 4 aromatic carbocycles. The lowest BCUT2D eigenvalue weighted by molar-refractivity contribution is 0.200. The molecule has 4 rings (SSSR count). The molecule has 0 amide bonds. The molecule has 0 unspecified atom stereocenters. The van der Waals surface area contributed by atoms with Gasteiger partial charge in [0.2, 0.25) is 0 Å². The van der Waals surface area contributed by atoms with E-state index in [0.717, 1.165) is 21.2 Å². The zero-order chi connectivity index (χ0) is 22.9. The molecule has 0 aliphatic carbocycles. The summed E-state index contributed by atoms with van der Waals surface area (Å²) in [5.41, 5.74) is 2.87. The fraction of sp³-hybridized carbons (Fsp3) is 0.111. The number of ether oxygens (including phenoxy) is 1. The lowest BCUT2D eigenvalue weighted by Crippen LogP contribution is -2.12. The van der Waals surface area contributed by atoms with E-state index in [1.165, 1.54) is 0 Å². The number of rotatable bonds is 10. The normalized spacial score (nSPS) is 11.3. The van der Waals surface area contributed by atoms with Crippen molar-refractivity contribution in [3.05, 3.63) is 130 Å². The molecule has 4 aromatic rings. The minimum Gasteiger partial charge on any atom is -0.489 e. The van der Waals surface area contributed by atoms with Crippen LogP contribution in [0, 0.1) is 0 Å². The van der Waals surface area contributed by atoms with E-state index in [0.29, 0.717) is 17.7 Å². The minimum atomic E-state index is -3.66. The molecule has 0 bridgehead atoms. The molecule has 0 radical (unpaired) electrons. The predicted molar refractivity (Wildman–Crippen MR) is 135 cm³/mol. The zero-order valence-corrected chi connectivity index (χ0v) is 20.5. The summed E-state index contributed by atoms with van der Waals surface area (Å²) >= 11 is 3.51. The van der Waals surface area contributed by atoms with Crippen LogP contribution in [-0.2, 0) is 33.4 Å². The van der Waals surface area contributed by atoms with Gasteiger partial charge in [0, 0.05) is 4.47 Å². The highest BCUT2D eigenvalue weighted by atomic mass is 79.9. The number of halogens is 1. The van der Waals surface area contributed by atoms with Crippen molar-refractivity contribution in [1.29, 1.82) is 0 Å². The fourth-order valence-corrected chi connectivity index (χ4v) is 5.43. The topological polar surface area (TPSA) is 44.8 Å². The first-order valence-electron chi connectivity index (χ1n) is 10.6. The molecule has 0 aromatic heterocycles. The molecule has 0 saturated carbocycles. The molecule has 0 atom stereocenters. The van der Waals surface area contributed by atoms with Crippen LogP contribution >= 0.6 is 23.5 Å². The van der Waals surface area contributed by atoms with E-state index >= 15 is 0 Å². The second-order valence-corrected chi connectivity index (χ2v) is 10.4. The van der Waals surface area contributed by atoms with E-state index in [-0.39, 0.29) is 13.2 Å². The molecule has 0 N–H and O–H groups in total. The zero-order valence-electron chi connectivity index (χ0n) is 18.0. The predicted octanol–water partition coefficient (Wildman–Crippen LogP) is 7.28. The molecule has 0 fully saturated rings. The van der Waals surface area contributed by atoms with Gasteiger partial charge in [0.1, 0.15) is 12.4 Å². The Balaban J connectivity index is 1.57. The van der Waals surface area contributed by atoms with Crippen LogP contribution in [0.1, 0.15) is 16.7 Å². The van der Waals surface area contributed by atoms with Crippen LogP contribution in [0.3, 0.4) is 0 Å². The van der Waals surface area contributed by atoms with Crippen LogP contribution in [0.2, 0.25) is 0 Å². The average molecular weight is 523 g/mol. The van der Waals surface area contributed by atoms with E-state index in [9.17, 15) is 4.57 Å². The Bertz CT molecular complexity index is 1150. The molecule has 4 nitrogen and oxygen atoms in total. The van der Waals surface area contributed by atoms with E-state index < -0.39 is 7.60 Å². The molecule has 0 aliphatic rings. The van der Waals surface area contributed by atoms with Gasteiger partial charge in [-0.1, -0.05) is 107 Å². The Morgan fingerprint density at radius 3 is 1.55 bits per heavy atom. The number of benzene rings is 4. The number of hydrogen-bond acceptors (Lipinski definition) is 4. The quantitative estimate of drug-likeness (QED) is 0.205. The second-order valence-electron chi connectivity index (χ2n) is 7.43. The van der Waals surface area contributed by atoms with Gasteiger partial charge < -0.3 is 13.8 Å². The average Bonchev–Trinajstić information content (AvgIpc) is 2.87. The lowest BCUT2D eigenvalue weighted by Gasteiger charge is -2.20. The van der Waals surface area contributed by atoms with Gasteiger partial charge in [0.15, 0.2) is 0 Å². The summed E-state index contributed by atoms with van der Waals surface area (Å²) in [4.78, 5) is 0. The Labute approximate surface area is 202 Å². The summed E-state index contributed by atoms with van der Waals surface area (Å²) in [5.74, 6) is 0.579. The molecular formula is C27H24BrO4P. The van der Waals surface area contributed by atoms with Gasteiger partial charge in [-0.2, -0.15) is 0 Å². The molecule has 0 heterocycles. The molecule has 0 saturated heterocycles. The summed E-state index contributed by atoms with van der Waals surface area (Å²) in [6.45, 7) is 0.732. The van der Waals surface area contributed by atoms with Gasteiger partial charge in [-0.15, -0.1) is 0 Å². The first-order valence-corrected chi connectivity index (χ1v) is 12.9. The maximum absolute atomic E-state index is 14.0. The Morgan fingerprint density at radius 1 is 0.606 bits per heavy atom. The maximum Gasteiger partial charge on any atom is 0.362 e. The minimum absolute atomic E-state index is 0.166. The molecule has 6 heteroatoms. The van der Waals surface area contributed by atoms with Gasteiger partial charge in [-0.3, -0.25) is 4.57 Å². The third-order valence-corrected chi connectivity index (χ3v) is 7.20. The lowest BCUT2D eigenvalue weighted by atomic mass is 10.2. The van der Waals surface area contributed by atoms with Crippen molar-refractivity contribution < 1.29 is 18.3 Å². The van der Waals surface area contributed by atoms with Crippen molar-refractivity contribution in [3.63, 3.8) is 0 Å². The van der Waals surface area contributed by atoms with Crippen LogP contribution in [0.25, 0.3) is 0 Å². The van der Waals surface area contributed by atoms with Crippen molar-refractivity contribution >= 4 is 28.8 Å². The van der Waals surface area contributed by atoms with Crippen LogP contribution in [0.5, 0.6) is 5.75 Å². The van der Waals surface area contributed by atoms with Crippen LogP contribution < -0.4 is 10.0 Å². The van der Waals surface area contributed by atoms with Gasteiger partial charge in [-0.05, 0) is 34.9 Å². The summed E-state index contributed by atoms with van der Waals surface area (Å²) in [6, 6.07) is 34.5. The Hall–Kier alpha value is -2.69. The summed E-state index contributed by atoms with van der Waals surface area (Å²) in [7, 11) is -3.66. The maximum atomic E-state index is 14.0. The monoisotopic (exact) mass is 522 g/mol. The third-order valence-electron chi connectivity index (χ3n) is 4.91. The highest BCUT2D eigenvalue weighted by Crippen LogP contribution is 2.49. The number of hydrogen-bond donors (Lipinski definition) is 0. The Kier molecular flexibility index (Phi) is 8.14. The first kappa shape index (κ1) is 23.5. The van der Waals surface area contributed by atoms with Gasteiger partial charge in [-0.25, -0.2) is 0 Å². The van der Waals surface area contributed by atoms with Gasteiger partial charge >= 0.3 is 7.60 Å². The first-order chi connectivity index (χ1) is 16.1.